The molecule has 0 aromatic carbocycles. The summed E-state index contributed by atoms with van der Waals surface area (Å²) < 4.78 is 7.89. The first-order chi connectivity index (χ1) is 8.06. The summed E-state index contributed by atoms with van der Waals surface area (Å²) in [5.74, 6) is 0. The summed E-state index contributed by atoms with van der Waals surface area (Å²) in [4.78, 5) is 0. The van der Waals surface area contributed by atoms with Gasteiger partial charge in [-0.05, 0) is 40.3 Å². The van der Waals surface area contributed by atoms with Gasteiger partial charge in [-0.3, -0.25) is 4.68 Å². The molecule has 0 spiro atoms. The van der Waals surface area contributed by atoms with Gasteiger partial charge < -0.3 is 10.1 Å². The molecule has 0 bridgehead atoms. The summed E-state index contributed by atoms with van der Waals surface area (Å²) >= 11 is 0. The number of likely N-dealkylation sites (N-methyl/N-ethyl adjacent to an activating group) is 1. The van der Waals surface area contributed by atoms with Crippen molar-refractivity contribution in [2.75, 3.05) is 13.2 Å². The fourth-order valence-corrected chi connectivity index (χ4v) is 2.22. The van der Waals surface area contributed by atoms with Crippen LogP contribution in [0.5, 0.6) is 0 Å². The third-order valence-corrected chi connectivity index (χ3v) is 2.96. The highest BCUT2D eigenvalue weighted by Gasteiger charge is 2.32. The first-order valence-corrected chi connectivity index (χ1v) is 6.45. The average Bonchev–Trinajstić information content (AvgIpc) is 2.73. The lowest BCUT2D eigenvalue weighted by molar-refractivity contribution is -0.0408. The normalized spacial score (nSPS) is 13.9. The number of nitrogens with zero attached hydrogens (tertiary/aromatic N) is 2. The van der Waals surface area contributed by atoms with Crippen LogP contribution in [-0.4, -0.2) is 28.5 Å². The Hall–Kier alpha value is -0.870. The Balaban J connectivity index is 3.00. The molecule has 0 aliphatic carbocycles. The first kappa shape index (κ1) is 14.2. The van der Waals surface area contributed by atoms with Crippen molar-refractivity contribution >= 4 is 0 Å². The monoisotopic (exact) mass is 239 g/mol. The predicted octanol–water partition coefficient (Wildman–Crippen LogP) is 2.37. The minimum absolute atomic E-state index is 0.162. The Morgan fingerprint density at radius 2 is 2.12 bits per heavy atom. The van der Waals surface area contributed by atoms with Gasteiger partial charge in [-0.15, -0.1) is 0 Å². The molecule has 1 aromatic heterocycles. The molecular weight excluding hydrogens is 214 g/mol. The van der Waals surface area contributed by atoms with Crippen LogP contribution in [0.15, 0.2) is 12.3 Å². The van der Waals surface area contributed by atoms with Crippen molar-refractivity contribution in [3.63, 3.8) is 0 Å². The van der Waals surface area contributed by atoms with Gasteiger partial charge in [-0.1, -0.05) is 6.92 Å². The Kier molecular flexibility index (Phi) is 5.15. The molecule has 4 nitrogen and oxygen atoms in total. The van der Waals surface area contributed by atoms with Crippen LogP contribution in [0.1, 0.15) is 46.4 Å². The van der Waals surface area contributed by atoms with E-state index in [9.17, 15) is 0 Å². The van der Waals surface area contributed by atoms with Crippen LogP contribution in [0.2, 0.25) is 0 Å². The van der Waals surface area contributed by atoms with Gasteiger partial charge in [-0.2, -0.15) is 5.10 Å². The molecular formula is C13H25N3O. The molecule has 1 heterocycles. The van der Waals surface area contributed by atoms with Crippen LogP contribution >= 0.6 is 0 Å². The van der Waals surface area contributed by atoms with E-state index >= 15 is 0 Å². The lowest BCUT2D eigenvalue weighted by Crippen LogP contribution is -2.42. The van der Waals surface area contributed by atoms with E-state index in [1.54, 1.807) is 0 Å². The van der Waals surface area contributed by atoms with Crippen molar-refractivity contribution in [2.45, 2.75) is 52.8 Å². The third kappa shape index (κ3) is 3.30. The van der Waals surface area contributed by atoms with Crippen molar-refractivity contribution in [3.05, 3.63) is 18.0 Å². The van der Waals surface area contributed by atoms with E-state index in [0.717, 1.165) is 19.7 Å². The number of nitrogens with one attached hydrogen (secondary N) is 1. The summed E-state index contributed by atoms with van der Waals surface area (Å²) in [6, 6.07) is 2.23. The zero-order valence-corrected chi connectivity index (χ0v) is 11.7. The van der Waals surface area contributed by atoms with Crippen LogP contribution in [-0.2, 0) is 11.3 Å². The molecule has 0 amide bonds. The molecule has 0 aliphatic heterocycles. The van der Waals surface area contributed by atoms with Crippen LogP contribution in [0.3, 0.4) is 0 Å². The number of aromatic nitrogens is 2. The number of ether oxygens (including phenoxy) is 1. The molecule has 1 rings (SSSR count). The van der Waals surface area contributed by atoms with E-state index in [2.05, 4.69) is 44.2 Å². The van der Waals surface area contributed by atoms with E-state index in [1.165, 1.54) is 5.69 Å². The van der Waals surface area contributed by atoms with E-state index in [4.69, 9.17) is 4.74 Å². The summed E-state index contributed by atoms with van der Waals surface area (Å²) in [7, 11) is 0. The highest BCUT2D eigenvalue weighted by molar-refractivity contribution is 5.12. The Morgan fingerprint density at radius 3 is 2.65 bits per heavy atom. The standard InChI is InChI=1S/C13H25N3O/c1-6-14-12(13(4,5)17-8-3)11-9-10-15-16(11)7-2/h9-10,12,14H,6-8H2,1-5H3. The molecule has 0 saturated carbocycles. The fraction of sp³-hybridized carbons (Fsp3) is 0.769. The molecule has 1 aromatic rings. The highest BCUT2D eigenvalue weighted by atomic mass is 16.5. The van der Waals surface area contributed by atoms with Crippen molar-refractivity contribution in [3.8, 4) is 0 Å². The van der Waals surface area contributed by atoms with Crippen molar-refractivity contribution in [1.29, 1.82) is 0 Å². The summed E-state index contributed by atoms with van der Waals surface area (Å²) in [5, 5.41) is 7.83. The van der Waals surface area contributed by atoms with Crippen LogP contribution in [0.25, 0.3) is 0 Å². The lowest BCUT2D eigenvalue weighted by atomic mass is 9.95. The lowest BCUT2D eigenvalue weighted by Gasteiger charge is -2.35. The molecule has 1 atom stereocenters. The largest absolute Gasteiger partial charge is 0.374 e. The van der Waals surface area contributed by atoms with E-state index < -0.39 is 0 Å². The van der Waals surface area contributed by atoms with Crippen molar-refractivity contribution in [2.24, 2.45) is 0 Å². The maximum atomic E-state index is 5.86. The number of hydrogen-bond acceptors (Lipinski definition) is 3. The van der Waals surface area contributed by atoms with Crippen LogP contribution < -0.4 is 5.32 Å². The Bertz CT molecular complexity index is 333. The van der Waals surface area contributed by atoms with E-state index in [-0.39, 0.29) is 11.6 Å². The number of aryl methyl sites for hydroxylation is 1. The van der Waals surface area contributed by atoms with Crippen molar-refractivity contribution in [1.82, 2.24) is 15.1 Å². The Morgan fingerprint density at radius 1 is 1.41 bits per heavy atom. The summed E-state index contributed by atoms with van der Waals surface area (Å²) in [6.45, 7) is 13.0. The molecule has 17 heavy (non-hydrogen) atoms. The molecule has 4 heteroatoms. The second kappa shape index (κ2) is 6.17. The topological polar surface area (TPSA) is 39.1 Å². The predicted molar refractivity (Wildman–Crippen MR) is 70.0 cm³/mol. The SMILES string of the molecule is CCNC(c1ccnn1CC)C(C)(C)OCC. The quantitative estimate of drug-likeness (QED) is 0.794. The van der Waals surface area contributed by atoms with Gasteiger partial charge in [0.1, 0.15) is 0 Å². The van der Waals surface area contributed by atoms with Gasteiger partial charge in [0.15, 0.2) is 0 Å². The number of rotatable bonds is 7. The average molecular weight is 239 g/mol. The van der Waals surface area contributed by atoms with E-state index in [0.29, 0.717) is 0 Å². The molecule has 0 radical (unpaired) electrons. The number of hydrogen-bond donors (Lipinski definition) is 1. The second-order valence-corrected chi connectivity index (χ2v) is 4.60. The maximum absolute atomic E-state index is 5.86. The highest BCUT2D eigenvalue weighted by Crippen LogP contribution is 2.28. The summed E-state index contributed by atoms with van der Waals surface area (Å²) in [5.41, 5.74) is 0.949. The van der Waals surface area contributed by atoms with Crippen LogP contribution in [0, 0.1) is 0 Å². The fourth-order valence-electron chi connectivity index (χ4n) is 2.22. The molecule has 0 saturated heterocycles. The zero-order chi connectivity index (χ0) is 12.9. The maximum Gasteiger partial charge on any atom is 0.0835 e. The third-order valence-electron chi connectivity index (χ3n) is 2.96. The van der Waals surface area contributed by atoms with Crippen molar-refractivity contribution < 1.29 is 4.74 Å². The minimum atomic E-state index is -0.238. The second-order valence-electron chi connectivity index (χ2n) is 4.60. The minimum Gasteiger partial charge on any atom is -0.374 e. The molecule has 0 aliphatic rings. The molecule has 98 valence electrons. The molecule has 1 unspecified atom stereocenters. The summed E-state index contributed by atoms with van der Waals surface area (Å²) in [6.07, 6.45) is 1.85. The first-order valence-electron chi connectivity index (χ1n) is 6.45. The van der Waals surface area contributed by atoms with E-state index in [1.807, 2.05) is 17.8 Å². The molecule has 1 N–H and O–H groups in total. The van der Waals surface area contributed by atoms with Crippen LogP contribution in [0.4, 0.5) is 0 Å². The Labute approximate surface area is 104 Å². The zero-order valence-electron chi connectivity index (χ0n) is 11.7. The van der Waals surface area contributed by atoms with Gasteiger partial charge in [0, 0.05) is 19.3 Å². The van der Waals surface area contributed by atoms with Gasteiger partial charge in [0.25, 0.3) is 0 Å². The van der Waals surface area contributed by atoms with Gasteiger partial charge in [0.05, 0.1) is 17.3 Å². The smallest absolute Gasteiger partial charge is 0.0835 e. The van der Waals surface area contributed by atoms with Gasteiger partial charge in [0.2, 0.25) is 0 Å². The van der Waals surface area contributed by atoms with Gasteiger partial charge in [-0.25, -0.2) is 0 Å². The molecule has 0 fully saturated rings. The van der Waals surface area contributed by atoms with Gasteiger partial charge >= 0.3 is 0 Å².